The van der Waals surface area contributed by atoms with E-state index in [-0.39, 0.29) is 0 Å². The zero-order valence-corrected chi connectivity index (χ0v) is 26.0. The molecule has 2 aliphatic carbocycles. The van der Waals surface area contributed by atoms with Crippen LogP contribution in [0.15, 0.2) is 66.7 Å². The molecule has 3 aromatic rings. The van der Waals surface area contributed by atoms with Crippen molar-refractivity contribution in [2.24, 2.45) is 5.92 Å². The van der Waals surface area contributed by atoms with Crippen LogP contribution in [-0.4, -0.2) is 3.92 Å². The Morgan fingerprint density at radius 2 is 1.17 bits per heavy atom. The van der Waals surface area contributed by atoms with Gasteiger partial charge in [-0.1, -0.05) is 96.6 Å². The maximum atomic E-state index is 2.63. The fourth-order valence-corrected chi connectivity index (χ4v) is 7.98. The van der Waals surface area contributed by atoms with Gasteiger partial charge < -0.3 is 0 Å². The molecule has 0 saturated heterocycles. The van der Waals surface area contributed by atoms with E-state index in [4.69, 9.17) is 0 Å². The van der Waals surface area contributed by atoms with Crippen LogP contribution in [0.5, 0.6) is 0 Å². The Morgan fingerprint density at radius 3 is 1.75 bits per heavy atom. The Morgan fingerprint density at radius 1 is 0.639 bits per heavy atom. The molecule has 36 heavy (non-hydrogen) atoms. The third kappa shape index (κ3) is 6.76. The molecule has 2 heteroatoms. The first-order valence-corrected chi connectivity index (χ1v) is 16.5. The maximum absolute atomic E-state index is 2.63. The molecule has 0 spiro atoms. The van der Waals surface area contributed by atoms with Crippen LogP contribution >= 0.6 is 45.2 Å². The van der Waals surface area contributed by atoms with Crippen LogP contribution in [0.3, 0.4) is 0 Å². The van der Waals surface area contributed by atoms with Crippen molar-refractivity contribution in [1.29, 1.82) is 0 Å². The lowest BCUT2D eigenvalue weighted by Gasteiger charge is -2.28. The number of alkyl halides is 1. The lowest BCUT2D eigenvalue weighted by atomic mass is 9.78. The Kier molecular flexibility index (Phi) is 9.48. The predicted octanol–water partition coefficient (Wildman–Crippen LogP) is 10.9. The van der Waals surface area contributed by atoms with Gasteiger partial charge in [0.15, 0.2) is 0 Å². The van der Waals surface area contributed by atoms with Gasteiger partial charge in [-0.15, -0.1) is 0 Å². The predicted molar refractivity (Wildman–Crippen MR) is 172 cm³/mol. The molecule has 2 saturated carbocycles. The minimum Gasteiger partial charge on any atom is -0.0826 e. The number of hydrogen-bond acceptors (Lipinski definition) is 0. The molecule has 0 heterocycles. The van der Waals surface area contributed by atoms with E-state index in [1.165, 1.54) is 83.6 Å². The van der Waals surface area contributed by atoms with E-state index in [0.717, 1.165) is 34.5 Å². The van der Waals surface area contributed by atoms with Crippen molar-refractivity contribution in [3.63, 3.8) is 0 Å². The zero-order chi connectivity index (χ0) is 24.9. The summed E-state index contributed by atoms with van der Waals surface area (Å²) in [6.45, 7) is 2.35. The summed E-state index contributed by atoms with van der Waals surface area (Å²) in [5.41, 5.74) is 8.72. The molecule has 0 amide bonds. The first-order valence-electron chi connectivity index (χ1n) is 14.2. The molecule has 2 fully saturated rings. The van der Waals surface area contributed by atoms with E-state index >= 15 is 0 Å². The third-order valence-corrected chi connectivity index (χ3v) is 11.1. The Bertz CT molecular complexity index is 1100. The molecule has 0 unspecified atom stereocenters. The van der Waals surface area contributed by atoms with Crippen molar-refractivity contribution in [3.05, 3.63) is 92.6 Å². The van der Waals surface area contributed by atoms with Gasteiger partial charge in [0.25, 0.3) is 0 Å². The van der Waals surface area contributed by atoms with E-state index in [1.807, 2.05) is 0 Å². The highest BCUT2D eigenvalue weighted by Crippen LogP contribution is 2.38. The van der Waals surface area contributed by atoms with Gasteiger partial charge in [0.2, 0.25) is 0 Å². The summed E-state index contributed by atoms with van der Waals surface area (Å²) >= 11 is 5.17. The average Bonchev–Trinajstić information content (AvgIpc) is 2.93. The van der Waals surface area contributed by atoms with E-state index < -0.39 is 0 Å². The lowest BCUT2D eigenvalue weighted by molar-refractivity contribution is 0.319. The first kappa shape index (κ1) is 26.7. The molecule has 190 valence electrons. The van der Waals surface area contributed by atoms with Crippen molar-refractivity contribution < 1.29 is 0 Å². The monoisotopic (exact) mass is 702 g/mol. The number of rotatable bonds is 7. The third-order valence-electron chi connectivity index (χ3n) is 8.96. The highest BCUT2D eigenvalue weighted by molar-refractivity contribution is 14.1. The summed E-state index contributed by atoms with van der Waals surface area (Å²) in [4.78, 5) is 0. The number of halogens is 2. The second-order valence-corrected chi connectivity index (χ2v) is 14.2. The molecule has 0 radical (unpaired) electrons. The molecule has 0 aliphatic heterocycles. The van der Waals surface area contributed by atoms with E-state index in [0.29, 0.717) is 0 Å². The summed E-state index contributed by atoms with van der Waals surface area (Å²) in [7, 11) is 0. The quantitative estimate of drug-likeness (QED) is 0.170. The SMILES string of the molecule is CCC1CCC(c2ccc(CCc3ccc(-c4ccc(C5CCC(I)CC5)cc4I)cc3)cc2)CC1. The Balaban J connectivity index is 1.16. The van der Waals surface area contributed by atoms with Gasteiger partial charge in [0.1, 0.15) is 0 Å². The van der Waals surface area contributed by atoms with Crippen molar-refractivity contribution >= 4 is 45.2 Å². The lowest BCUT2D eigenvalue weighted by Crippen LogP contribution is -2.12. The molecular weight excluding hydrogens is 662 g/mol. The van der Waals surface area contributed by atoms with Crippen LogP contribution in [0.4, 0.5) is 0 Å². The molecule has 0 bridgehead atoms. The summed E-state index contributed by atoms with van der Waals surface area (Å²) in [5.74, 6) is 2.52. The van der Waals surface area contributed by atoms with Crippen molar-refractivity contribution in [2.75, 3.05) is 0 Å². The number of hydrogen-bond donors (Lipinski definition) is 0. The fourth-order valence-electron chi connectivity index (χ4n) is 6.41. The molecule has 2 aliphatic rings. The van der Waals surface area contributed by atoms with E-state index in [1.54, 1.807) is 11.1 Å². The van der Waals surface area contributed by atoms with Gasteiger partial charge in [-0.3, -0.25) is 0 Å². The molecule has 0 nitrogen and oxygen atoms in total. The van der Waals surface area contributed by atoms with Crippen LogP contribution in [0.25, 0.3) is 11.1 Å². The second-order valence-electron chi connectivity index (χ2n) is 11.3. The van der Waals surface area contributed by atoms with Gasteiger partial charge in [-0.05, 0) is 144 Å². The summed E-state index contributed by atoms with van der Waals surface area (Å²) in [6.07, 6.45) is 14.6. The number of aryl methyl sites for hydroxylation is 2. The van der Waals surface area contributed by atoms with Crippen LogP contribution in [0.1, 0.15) is 98.8 Å². The highest BCUT2D eigenvalue weighted by atomic mass is 127. The largest absolute Gasteiger partial charge is 0.0826 e. The van der Waals surface area contributed by atoms with Gasteiger partial charge in [-0.2, -0.15) is 0 Å². The van der Waals surface area contributed by atoms with Crippen LogP contribution in [0, 0.1) is 9.49 Å². The Labute approximate surface area is 246 Å². The highest BCUT2D eigenvalue weighted by Gasteiger charge is 2.22. The van der Waals surface area contributed by atoms with Crippen LogP contribution in [-0.2, 0) is 12.8 Å². The standard InChI is InChI=1S/C34H40I2/c1-2-24-5-11-27(12-6-24)28-13-7-25(8-14-28)3-4-26-9-15-30(16-10-26)33-22-19-31(23-34(33)36)29-17-20-32(35)21-18-29/h7-10,13-16,19,22-24,27,29,32H,2-6,11-12,17-18,20-21H2,1H3. The van der Waals surface area contributed by atoms with Gasteiger partial charge in [0.05, 0.1) is 0 Å². The molecular formula is C34H40I2. The average molecular weight is 703 g/mol. The van der Waals surface area contributed by atoms with Gasteiger partial charge in [0, 0.05) is 7.49 Å². The molecule has 5 rings (SSSR count). The summed E-state index contributed by atoms with van der Waals surface area (Å²) in [6, 6.07) is 26.1. The van der Waals surface area contributed by atoms with E-state index in [2.05, 4.69) is 119 Å². The van der Waals surface area contributed by atoms with Crippen LogP contribution in [0.2, 0.25) is 0 Å². The number of benzene rings is 3. The van der Waals surface area contributed by atoms with E-state index in [9.17, 15) is 0 Å². The second kappa shape index (κ2) is 12.8. The molecule has 3 aromatic carbocycles. The van der Waals surface area contributed by atoms with Gasteiger partial charge >= 0.3 is 0 Å². The van der Waals surface area contributed by atoms with Crippen molar-refractivity contribution in [3.8, 4) is 11.1 Å². The summed E-state index contributed by atoms with van der Waals surface area (Å²) < 4.78 is 2.27. The smallest absolute Gasteiger partial charge is 0.0211 e. The minimum atomic E-state index is 0.756. The maximum Gasteiger partial charge on any atom is 0.0211 e. The Hall–Kier alpha value is -0.880. The zero-order valence-electron chi connectivity index (χ0n) is 21.7. The van der Waals surface area contributed by atoms with Crippen molar-refractivity contribution in [1.82, 2.24) is 0 Å². The minimum absolute atomic E-state index is 0.756. The molecule has 0 N–H and O–H groups in total. The normalized spacial score (nSPS) is 24.5. The fraction of sp³-hybridized carbons (Fsp3) is 0.471. The summed E-state index contributed by atoms with van der Waals surface area (Å²) in [5, 5.41) is 0. The van der Waals surface area contributed by atoms with Gasteiger partial charge in [-0.25, -0.2) is 0 Å². The molecule has 0 atom stereocenters. The first-order chi connectivity index (χ1) is 17.6. The van der Waals surface area contributed by atoms with Crippen molar-refractivity contribution in [2.45, 2.75) is 93.3 Å². The topological polar surface area (TPSA) is 0 Å². The van der Waals surface area contributed by atoms with Crippen LogP contribution < -0.4 is 0 Å². The molecule has 0 aromatic heterocycles.